The molecule has 0 amide bonds. The van der Waals surface area contributed by atoms with Crippen LogP contribution in [0.25, 0.3) is 10.1 Å². The van der Waals surface area contributed by atoms with Gasteiger partial charge in [-0.2, -0.15) is 0 Å². The summed E-state index contributed by atoms with van der Waals surface area (Å²) in [4.78, 5) is 10.9. The van der Waals surface area contributed by atoms with Gasteiger partial charge in [-0.1, -0.05) is 23.7 Å². The van der Waals surface area contributed by atoms with E-state index in [0.29, 0.717) is 0 Å². The quantitative estimate of drug-likeness (QED) is 0.621. The summed E-state index contributed by atoms with van der Waals surface area (Å²) in [5, 5.41) is 0.785. The second-order valence-corrected chi connectivity index (χ2v) is 2.88. The normalized spacial score (nSPS) is 9.45. The summed E-state index contributed by atoms with van der Waals surface area (Å²) in [6.07, 6.45) is 0. The third-order valence-electron chi connectivity index (χ3n) is 1.39. The van der Waals surface area contributed by atoms with Crippen LogP contribution in [0.1, 0.15) is 0 Å². The summed E-state index contributed by atoms with van der Waals surface area (Å²) in [7, 11) is 0. The van der Waals surface area contributed by atoms with Crippen molar-refractivity contribution in [3.63, 3.8) is 0 Å². The van der Waals surface area contributed by atoms with Crippen LogP contribution >= 0.6 is 11.5 Å². The van der Waals surface area contributed by atoms with Gasteiger partial charge in [0.1, 0.15) is 0 Å². The fraction of sp³-hybridized carbons (Fsp3) is 0. The zero-order valence-electron chi connectivity index (χ0n) is 5.63. The summed E-state index contributed by atoms with van der Waals surface area (Å²) in [5.41, 5.74) is 0.0144. The lowest BCUT2D eigenvalue weighted by Gasteiger charge is -1.79. The predicted octanol–water partition coefficient (Wildman–Crippen LogP) is 0.765. The van der Waals surface area contributed by atoms with Crippen LogP contribution in [0.4, 0.5) is 0 Å². The minimum atomic E-state index is 0. The molecule has 0 atom stereocenters. The first kappa shape index (κ1) is 7.97. The van der Waals surface area contributed by atoms with Gasteiger partial charge >= 0.3 is 0 Å². The summed E-state index contributed by atoms with van der Waals surface area (Å²) in [5.74, 6) is 0. The van der Waals surface area contributed by atoms with Crippen molar-refractivity contribution >= 4 is 21.6 Å². The van der Waals surface area contributed by atoms with Gasteiger partial charge in [-0.3, -0.25) is 9.17 Å². The Morgan fingerprint density at radius 3 is 2.73 bits per heavy atom. The Morgan fingerprint density at radius 1 is 1.27 bits per heavy atom. The summed E-state index contributed by atoms with van der Waals surface area (Å²) in [6.45, 7) is 0. The van der Waals surface area contributed by atoms with E-state index in [-0.39, 0.29) is 11.0 Å². The highest BCUT2D eigenvalue weighted by Crippen LogP contribution is 2.11. The third kappa shape index (κ3) is 1.18. The molecule has 1 heterocycles. The molecule has 4 heteroatoms. The van der Waals surface area contributed by atoms with Gasteiger partial charge in [-0.25, -0.2) is 0 Å². The molecular weight excluding hydrogens is 162 g/mol. The third-order valence-corrected chi connectivity index (χ3v) is 2.25. The van der Waals surface area contributed by atoms with Crippen molar-refractivity contribution in [1.82, 2.24) is 4.37 Å². The van der Waals surface area contributed by atoms with Crippen LogP contribution in [0.15, 0.2) is 29.1 Å². The molecule has 0 aliphatic rings. The molecule has 0 saturated carbocycles. The Morgan fingerprint density at radius 2 is 2.00 bits per heavy atom. The van der Waals surface area contributed by atoms with Gasteiger partial charge in [0.05, 0.1) is 10.1 Å². The Balaban J connectivity index is 0.000000605. The van der Waals surface area contributed by atoms with Crippen molar-refractivity contribution in [1.29, 1.82) is 0 Å². The van der Waals surface area contributed by atoms with E-state index in [1.165, 1.54) is 11.5 Å². The highest BCUT2D eigenvalue weighted by molar-refractivity contribution is 7.13. The van der Waals surface area contributed by atoms with E-state index in [0.717, 1.165) is 10.1 Å². The van der Waals surface area contributed by atoms with Crippen LogP contribution in [0.3, 0.4) is 0 Å². The topological polar surface area (TPSA) is 64.4 Å². The molecule has 0 saturated heterocycles. The second-order valence-electron chi connectivity index (χ2n) is 2.03. The fourth-order valence-electron chi connectivity index (χ4n) is 0.900. The maximum Gasteiger partial charge on any atom is 0.265 e. The number of hydrogen-bond acceptors (Lipinski definition) is 2. The second kappa shape index (κ2) is 2.86. The van der Waals surface area contributed by atoms with Crippen molar-refractivity contribution in [2.24, 2.45) is 0 Å². The Kier molecular flexibility index (Phi) is 2.07. The number of rotatable bonds is 0. The molecule has 3 nitrogen and oxygen atoms in total. The maximum atomic E-state index is 10.9. The molecule has 0 aliphatic heterocycles. The summed E-state index contributed by atoms with van der Waals surface area (Å²) >= 11 is 1.38. The molecule has 58 valence electrons. The minimum Gasteiger partial charge on any atom is -0.412 e. The summed E-state index contributed by atoms with van der Waals surface area (Å²) < 4.78 is 3.68. The van der Waals surface area contributed by atoms with E-state index in [1.54, 1.807) is 0 Å². The molecule has 1 aromatic carbocycles. The van der Waals surface area contributed by atoms with Crippen LogP contribution in [0.5, 0.6) is 0 Å². The lowest BCUT2D eigenvalue weighted by atomic mass is 10.3. The van der Waals surface area contributed by atoms with E-state index in [2.05, 4.69) is 4.37 Å². The fourth-order valence-corrected chi connectivity index (χ4v) is 1.63. The zero-order chi connectivity index (χ0) is 6.97. The van der Waals surface area contributed by atoms with Crippen molar-refractivity contribution in [2.75, 3.05) is 0 Å². The van der Waals surface area contributed by atoms with Gasteiger partial charge in [0.2, 0.25) is 0 Å². The van der Waals surface area contributed by atoms with Gasteiger partial charge < -0.3 is 5.48 Å². The van der Waals surface area contributed by atoms with Crippen molar-refractivity contribution in [3.8, 4) is 0 Å². The van der Waals surface area contributed by atoms with Crippen LogP contribution < -0.4 is 5.56 Å². The number of H-pyrrole nitrogens is 1. The highest BCUT2D eigenvalue weighted by atomic mass is 32.1. The predicted molar refractivity (Wildman–Crippen MR) is 46.1 cm³/mol. The first-order chi connectivity index (χ1) is 4.88. The van der Waals surface area contributed by atoms with Crippen LogP contribution in [0, 0.1) is 0 Å². The molecule has 0 fully saturated rings. The van der Waals surface area contributed by atoms with Gasteiger partial charge in [-0.05, 0) is 12.1 Å². The first-order valence-electron chi connectivity index (χ1n) is 2.94. The molecule has 11 heavy (non-hydrogen) atoms. The van der Waals surface area contributed by atoms with Crippen LogP contribution in [0.2, 0.25) is 0 Å². The average molecular weight is 169 g/mol. The SMILES string of the molecule is O.O=c1[nH]sc2ccccc12. The lowest BCUT2D eigenvalue weighted by molar-refractivity contribution is 0.824. The number of aromatic amines is 1. The molecular formula is C7H7NO2S. The molecule has 0 bridgehead atoms. The average Bonchev–Trinajstić information content (AvgIpc) is 2.34. The standard InChI is InChI=1S/C7H5NOS.H2O/c9-7-5-3-1-2-4-6(5)10-8-7;/h1-4H,(H,8,9);1H2. The Labute approximate surface area is 66.8 Å². The van der Waals surface area contributed by atoms with Crippen molar-refractivity contribution in [2.45, 2.75) is 0 Å². The highest BCUT2D eigenvalue weighted by Gasteiger charge is 1.96. The molecule has 3 N–H and O–H groups in total. The van der Waals surface area contributed by atoms with Gasteiger partial charge in [-0.15, -0.1) is 0 Å². The Bertz CT molecular complexity index is 404. The number of benzene rings is 1. The molecule has 2 rings (SSSR count). The van der Waals surface area contributed by atoms with E-state index in [4.69, 9.17) is 0 Å². The number of hydrogen-bond donors (Lipinski definition) is 1. The first-order valence-corrected chi connectivity index (χ1v) is 3.76. The molecule has 0 spiro atoms. The number of aromatic nitrogens is 1. The molecule has 1 aromatic heterocycles. The van der Waals surface area contributed by atoms with E-state index in [9.17, 15) is 4.79 Å². The zero-order valence-corrected chi connectivity index (χ0v) is 6.44. The number of nitrogens with one attached hydrogen (secondary N) is 1. The monoisotopic (exact) mass is 169 g/mol. The van der Waals surface area contributed by atoms with Crippen molar-refractivity contribution < 1.29 is 5.48 Å². The van der Waals surface area contributed by atoms with E-state index < -0.39 is 0 Å². The largest absolute Gasteiger partial charge is 0.412 e. The van der Waals surface area contributed by atoms with Gasteiger partial charge in [0.25, 0.3) is 5.56 Å². The maximum absolute atomic E-state index is 10.9. The minimum absolute atomic E-state index is 0. The van der Waals surface area contributed by atoms with Crippen molar-refractivity contribution in [3.05, 3.63) is 34.6 Å². The van der Waals surface area contributed by atoms with E-state index in [1.807, 2.05) is 24.3 Å². The van der Waals surface area contributed by atoms with Gasteiger partial charge in [0.15, 0.2) is 0 Å². The van der Waals surface area contributed by atoms with Gasteiger partial charge in [0, 0.05) is 0 Å². The molecule has 0 radical (unpaired) electrons. The molecule has 2 aromatic rings. The smallest absolute Gasteiger partial charge is 0.265 e. The number of fused-ring (bicyclic) bond motifs is 1. The summed E-state index contributed by atoms with van der Waals surface area (Å²) in [6, 6.07) is 7.54. The van der Waals surface area contributed by atoms with Crippen LogP contribution in [-0.2, 0) is 0 Å². The molecule has 0 aliphatic carbocycles. The van der Waals surface area contributed by atoms with E-state index >= 15 is 0 Å². The van der Waals surface area contributed by atoms with Crippen LogP contribution in [-0.4, -0.2) is 9.85 Å². The lowest BCUT2D eigenvalue weighted by Crippen LogP contribution is -1.94. The molecule has 0 unspecified atom stereocenters. The Hall–Kier alpha value is -1.13.